The average molecular weight is 307 g/mol. The Labute approximate surface area is 125 Å². The molecule has 0 radical (unpaired) electrons. The number of hydrogen-bond acceptors (Lipinski definition) is 2. The van der Waals surface area contributed by atoms with E-state index < -0.39 is 11.7 Å². The molecule has 0 unspecified atom stereocenters. The van der Waals surface area contributed by atoms with Crippen molar-refractivity contribution in [3.8, 4) is 0 Å². The van der Waals surface area contributed by atoms with E-state index in [9.17, 15) is 14.0 Å². The van der Waals surface area contributed by atoms with E-state index in [1.165, 1.54) is 43.4 Å². The summed E-state index contributed by atoms with van der Waals surface area (Å²) < 4.78 is 12.8. The lowest BCUT2D eigenvalue weighted by Gasteiger charge is -2.09. The number of anilines is 1. The maximum absolute atomic E-state index is 12.8. The largest absolute Gasteiger partial charge is 0.355 e. The van der Waals surface area contributed by atoms with E-state index in [0.717, 1.165) is 0 Å². The quantitative estimate of drug-likeness (QED) is 0.915. The minimum atomic E-state index is -0.439. The number of halogens is 2. The van der Waals surface area contributed by atoms with Crippen LogP contribution in [0.5, 0.6) is 0 Å². The molecule has 0 atom stereocenters. The molecule has 0 aromatic heterocycles. The molecule has 2 rings (SSSR count). The highest BCUT2D eigenvalue weighted by Crippen LogP contribution is 2.23. The van der Waals surface area contributed by atoms with Crippen molar-refractivity contribution in [3.63, 3.8) is 0 Å². The van der Waals surface area contributed by atoms with Crippen molar-refractivity contribution in [3.05, 3.63) is 64.4 Å². The molecule has 0 saturated heterocycles. The van der Waals surface area contributed by atoms with E-state index in [4.69, 9.17) is 11.6 Å². The van der Waals surface area contributed by atoms with Crippen LogP contribution in [-0.4, -0.2) is 18.9 Å². The monoisotopic (exact) mass is 306 g/mol. The first-order chi connectivity index (χ1) is 10.0. The van der Waals surface area contributed by atoms with Crippen molar-refractivity contribution in [1.29, 1.82) is 0 Å². The van der Waals surface area contributed by atoms with Gasteiger partial charge in [-0.1, -0.05) is 11.6 Å². The molecule has 2 amide bonds. The van der Waals surface area contributed by atoms with Gasteiger partial charge in [0.2, 0.25) is 0 Å². The average Bonchev–Trinajstić information content (AvgIpc) is 2.49. The van der Waals surface area contributed by atoms with Gasteiger partial charge >= 0.3 is 0 Å². The Morgan fingerprint density at radius 3 is 2.24 bits per heavy atom. The van der Waals surface area contributed by atoms with Gasteiger partial charge in [-0.3, -0.25) is 9.59 Å². The molecule has 0 saturated carbocycles. The highest BCUT2D eigenvalue weighted by Gasteiger charge is 2.11. The lowest BCUT2D eigenvalue weighted by molar-refractivity contribution is 0.0961. The Morgan fingerprint density at radius 1 is 1.00 bits per heavy atom. The second-order valence-corrected chi connectivity index (χ2v) is 4.64. The van der Waals surface area contributed by atoms with Gasteiger partial charge in [0, 0.05) is 18.2 Å². The molecule has 2 aromatic carbocycles. The number of amides is 2. The molecule has 0 bridgehead atoms. The zero-order valence-corrected chi connectivity index (χ0v) is 11.9. The third-order valence-corrected chi connectivity index (χ3v) is 3.14. The van der Waals surface area contributed by atoms with Crippen LogP contribution in [0.4, 0.5) is 10.1 Å². The third-order valence-electron chi connectivity index (χ3n) is 2.81. The third kappa shape index (κ3) is 3.58. The topological polar surface area (TPSA) is 58.2 Å². The van der Waals surface area contributed by atoms with Crippen LogP contribution in [-0.2, 0) is 0 Å². The second-order valence-electron chi connectivity index (χ2n) is 4.23. The molecule has 0 fully saturated rings. The zero-order valence-electron chi connectivity index (χ0n) is 11.1. The first-order valence-electron chi connectivity index (χ1n) is 6.10. The van der Waals surface area contributed by atoms with E-state index in [-0.39, 0.29) is 11.5 Å². The predicted octanol–water partition coefficient (Wildman–Crippen LogP) is 3.09. The minimum Gasteiger partial charge on any atom is -0.355 e. The predicted molar refractivity (Wildman–Crippen MR) is 79.2 cm³/mol. The van der Waals surface area contributed by atoms with Gasteiger partial charge in [0.05, 0.1) is 10.7 Å². The minimum absolute atomic E-state index is 0.288. The Bertz CT molecular complexity index is 687. The van der Waals surface area contributed by atoms with Gasteiger partial charge in [0.15, 0.2) is 0 Å². The summed E-state index contributed by atoms with van der Waals surface area (Å²) in [5, 5.41) is 5.38. The Hall–Kier alpha value is -2.40. The van der Waals surface area contributed by atoms with Crippen molar-refractivity contribution in [2.24, 2.45) is 0 Å². The maximum Gasteiger partial charge on any atom is 0.255 e. The summed E-state index contributed by atoms with van der Waals surface area (Å²) in [6.07, 6.45) is 0. The van der Waals surface area contributed by atoms with Crippen LogP contribution < -0.4 is 10.6 Å². The molecule has 0 heterocycles. The summed E-state index contributed by atoms with van der Waals surface area (Å²) >= 11 is 5.99. The second kappa shape index (κ2) is 6.37. The molecule has 21 heavy (non-hydrogen) atoms. The lowest BCUT2D eigenvalue weighted by atomic mass is 10.1. The number of hydrogen-bond donors (Lipinski definition) is 2. The van der Waals surface area contributed by atoms with E-state index in [1.54, 1.807) is 6.07 Å². The fourth-order valence-corrected chi connectivity index (χ4v) is 1.87. The van der Waals surface area contributed by atoms with Crippen LogP contribution >= 0.6 is 11.6 Å². The summed E-state index contributed by atoms with van der Waals surface area (Å²) in [4.78, 5) is 23.6. The molecular formula is C15H12ClFN2O2. The number of carbonyl (C=O) groups excluding carboxylic acids is 2. The summed E-state index contributed by atoms with van der Waals surface area (Å²) in [6, 6.07) is 9.65. The Morgan fingerprint density at radius 2 is 1.62 bits per heavy atom. The molecule has 0 aliphatic heterocycles. The van der Waals surface area contributed by atoms with E-state index in [0.29, 0.717) is 16.3 Å². The molecular weight excluding hydrogens is 295 g/mol. The number of nitrogens with one attached hydrogen (secondary N) is 2. The van der Waals surface area contributed by atoms with E-state index in [2.05, 4.69) is 10.6 Å². The summed E-state index contributed by atoms with van der Waals surface area (Å²) in [7, 11) is 1.51. The molecule has 0 spiro atoms. The number of rotatable bonds is 3. The number of carbonyl (C=O) groups is 2. The Balaban J connectivity index is 2.24. The summed E-state index contributed by atoms with van der Waals surface area (Å²) in [5.74, 6) is -1.15. The van der Waals surface area contributed by atoms with Crippen molar-refractivity contribution in [2.75, 3.05) is 12.4 Å². The first kappa shape index (κ1) is 15.0. The zero-order chi connectivity index (χ0) is 15.4. The van der Waals surface area contributed by atoms with Gasteiger partial charge in [0.25, 0.3) is 11.8 Å². The molecule has 6 heteroatoms. The van der Waals surface area contributed by atoms with Crippen molar-refractivity contribution < 1.29 is 14.0 Å². The van der Waals surface area contributed by atoms with Crippen LogP contribution in [0.15, 0.2) is 42.5 Å². The van der Waals surface area contributed by atoms with E-state index in [1.807, 2.05) is 0 Å². The van der Waals surface area contributed by atoms with Crippen LogP contribution in [0.1, 0.15) is 20.7 Å². The highest BCUT2D eigenvalue weighted by molar-refractivity contribution is 6.34. The summed E-state index contributed by atoms with van der Waals surface area (Å²) in [6.45, 7) is 0. The molecule has 108 valence electrons. The molecule has 2 aromatic rings. The SMILES string of the molecule is CNC(=O)c1ccc(Cl)c(NC(=O)c2ccc(F)cc2)c1. The number of benzene rings is 2. The highest BCUT2D eigenvalue weighted by atomic mass is 35.5. The van der Waals surface area contributed by atoms with Gasteiger partial charge in [-0.2, -0.15) is 0 Å². The van der Waals surface area contributed by atoms with Gasteiger partial charge < -0.3 is 10.6 Å². The first-order valence-corrected chi connectivity index (χ1v) is 6.47. The van der Waals surface area contributed by atoms with Gasteiger partial charge in [-0.25, -0.2) is 4.39 Å². The Kier molecular flexibility index (Phi) is 4.55. The molecule has 0 aliphatic carbocycles. The van der Waals surface area contributed by atoms with Gasteiger partial charge in [-0.05, 0) is 42.5 Å². The van der Waals surface area contributed by atoms with Crippen molar-refractivity contribution >= 4 is 29.1 Å². The maximum atomic E-state index is 12.8. The lowest BCUT2D eigenvalue weighted by Crippen LogP contribution is -2.18. The summed E-state index contributed by atoms with van der Waals surface area (Å²) in [5.41, 5.74) is 0.973. The molecule has 0 aliphatic rings. The van der Waals surface area contributed by atoms with Gasteiger partial charge in [0.1, 0.15) is 5.82 Å². The van der Waals surface area contributed by atoms with Crippen LogP contribution in [0.25, 0.3) is 0 Å². The van der Waals surface area contributed by atoms with Gasteiger partial charge in [-0.15, -0.1) is 0 Å². The normalized spacial score (nSPS) is 10.0. The van der Waals surface area contributed by atoms with Crippen molar-refractivity contribution in [2.45, 2.75) is 0 Å². The smallest absolute Gasteiger partial charge is 0.255 e. The standard InChI is InChI=1S/C15H12ClFN2O2/c1-18-14(20)10-4-7-12(16)13(8-10)19-15(21)9-2-5-11(17)6-3-9/h2-8H,1H3,(H,18,20)(H,19,21). The molecule has 4 nitrogen and oxygen atoms in total. The fraction of sp³-hybridized carbons (Fsp3) is 0.0667. The van der Waals surface area contributed by atoms with Crippen molar-refractivity contribution in [1.82, 2.24) is 5.32 Å². The van der Waals surface area contributed by atoms with Crippen LogP contribution in [0.2, 0.25) is 5.02 Å². The fourth-order valence-electron chi connectivity index (χ4n) is 1.70. The van der Waals surface area contributed by atoms with Crippen LogP contribution in [0.3, 0.4) is 0 Å². The van der Waals surface area contributed by atoms with Crippen LogP contribution in [0, 0.1) is 5.82 Å². The molecule has 2 N–H and O–H groups in total. The van der Waals surface area contributed by atoms with E-state index >= 15 is 0 Å².